The van der Waals surface area contributed by atoms with Crippen molar-refractivity contribution in [2.75, 3.05) is 5.75 Å². The normalized spacial score (nSPS) is 29.4. The Hall–Kier alpha value is 0.270. The number of nitrogens with two attached hydrogens (primary N) is 1. The first kappa shape index (κ1) is 12.3. The molecule has 1 saturated heterocycles. The standard InChI is InChI=1S/C11H24N2S/c1-3-4-5-7-10(13-12)11(2)8-6-9-14-11/h10,13H,3-9,12H2,1-2H3. The average molecular weight is 216 g/mol. The summed E-state index contributed by atoms with van der Waals surface area (Å²) in [5.74, 6) is 6.96. The van der Waals surface area contributed by atoms with Crippen molar-refractivity contribution in [3.8, 4) is 0 Å². The lowest BCUT2D eigenvalue weighted by Crippen LogP contribution is -2.48. The summed E-state index contributed by atoms with van der Waals surface area (Å²) in [5.41, 5.74) is 3.02. The molecule has 1 heterocycles. The molecule has 2 atom stereocenters. The molecule has 2 unspecified atom stereocenters. The first-order valence-corrected chi connectivity index (χ1v) is 6.81. The van der Waals surface area contributed by atoms with Gasteiger partial charge in [-0.15, -0.1) is 0 Å². The van der Waals surface area contributed by atoms with E-state index in [-0.39, 0.29) is 0 Å². The van der Waals surface area contributed by atoms with E-state index in [0.29, 0.717) is 10.8 Å². The van der Waals surface area contributed by atoms with Gasteiger partial charge in [0.2, 0.25) is 0 Å². The van der Waals surface area contributed by atoms with Crippen LogP contribution >= 0.6 is 11.8 Å². The molecule has 0 bridgehead atoms. The van der Waals surface area contributed by atoms with Crippen molar-refractivity contribution < 1.29 is 0 Å². The topological polar surface area (TPSA) is 38.0 Å². The quantitative estimate of drug-likeness (QED) is 0.407. The van der Waals surface area contributed by atoms with Crippen LogP contribution in [-0.4, -0.2) is 16.5 Å². The van der Waals surface area contributed by atoms with Crippen molar-refractivity contribution in [3.05, 3.63) is 0 Å². The lowest BCUT2D eigenvalue weighted by atomic mass is 9.92. The Morgan fingerprint density at radius 1 is 1.50 bits per heavy atom. The number of hydrogen-bond donors (Lipinski definition) is 2. The van der Waals surface area contributed by atoms with Crippen LogP contribution in [0.1, 0.15) is 52.4 Å². The third-order valence-corrected chi connectivity index (χ3v) is 4.92. The number of hydrogen-bond acceptors (Lipinski definition) is 3. The van der Waals surface area contributed by atoms with Crippen molar-refractivity contribution in [1.82, 2.24) is 5.43 Å². The van der Waals surface area contributed by atoms with Crippen LogP contribution in [0.15, 0.2) is 0 Å². The molecular formula is C11H24N2S. The molecule has 1 aliphatic rings. The maximum absolute atomic E-state index is 5.66. The molecule has 84 valence electrons. The number of nitrogens with one attached hydrogen (secondary N) is 1. The van der Waals surface area contributed by atoms with Gasteiger partial charge in [-0.2, -0.15) is 11.8 Å². The number of thioether (sulfide) groups is 1. The van der Waals surface area contributed by atoms with Gasteiger partial charge in [0.25, 0.3) is 0 Å². The molecule has 14 heavy (non-hydrogen) atoms. The van der Waals surface area contributed by atoms with Crippen molar-refractivity contribution in [1.29, 1.82) is 0 Å². The molecule has 0 aliphatic carbocycles. The monoisotopic (exact) mass is 216 g/mol. The number of hydrazine groups is 1. The highest BCUT2D eigenvalue weighted by Gasteiger charge is 2.36. The van der Waals surface area contributed by atoms with Crippen LogP contribution in [0.3, 0.4) is 0 Å². The number of unbranched alkanes of at least 4 members (excludes halogenated alkanes) is 2. The van der Waals surface area contributed by atoms with Crippen molar-refractivity contribution >= 4 is 11.8 Å². The van der Waals surface area contributed by atoms with Crippen LogP contribution in [0.25, 0.3) is 0 Å². The Labute approximate surface area is 92.4 Å². The van der Waals surface area contributed by atoms with E-state index in [0.717, 1.165) is 0 Å². The van der Waals surface area contributed by atoms with Gasteiger partial charge in [-0.25, -0.2) is 0 Å². The van der Waals surface area contributed by atoms with Crippen LogP contribution in [-0.2, 0) is 0 Å². The summed E-state index contributed by atoms with van der Waals surface area (Å²) in [6.07, 6.45) is 7.83. The largest absolute Gasteiger partial charge is 0.271 e. The van der Waals surface area contributed by atoms with E-state index in [2.05, 4.69) is 31.0 Å². The van der Waals surface area contributed by atoms with Gasteiger partial charge in [0, 0.05) is 10.8 Å². The lowest BCUT2D eigenvalue weighted by Gasteiger charge is -2.32. The van der Waals surface area contributed by atoms with Crippen LogP contribution in [0.4, 0.5) is 0 Å². The summed E-state index contributed by atoms with van der Waals surface area (Å²) in [6.45, 7) is 4.61. The van der Waals surface area contributed by atoms with Gasteiger partial charge in [0.1, 0.15) is 0 Å². The zero-order valence-electron chi connectivity index (χ0n) is 9.51. The van der Waals surface area contributed by atoms with Crippen LogP contribution in [0.2, 0.25) is 0 Å². The smallest absolute Gasteiger partial charge is 0.0354 e. The molecule has 0 amide bonds. The van der Waals surface area contributed by atoms with E-state index in [4.69, 9.17) is 5.84 Å². The van der Waals surface area contributed by atoms with Gasteiger partial charge in [-0.3, -0.25) is 11.3 Å². The Morgan fingerprint density at radius 3 is 2.79 bits per heavy atom. The molecule has 3 heteroatoms. The van der Waals surface area contributed by atoms with E-state index >= 15 is 0 Å². The maximum atomic E-state index is 5.66. The van der Waals surface area contributed by atoms with Crippen LogP contribution in [0.5, 0.6) is 0 Å². The second-order valence-electron chi connectivity index (χ2n) is 4.48. The first-order chi connectivity index (χ1) is 6.73. The summed E-state index contributed by atoms with van der Waals surface area (Å²) < 4.78 is 0.391. The average Bonchev–Trinajstić information content (AvgIpc) is 2.61. The van der Waals surface area contributed by atoms with Crippen molar-refractivity contribution in [2.24, 2.45) is 5.84 Å². The Morgan fingerprint density at radius 2 is 2.29 bits per heavy atom. The molecule has 0 aromatic carbocycles. The SMILES string of the molecule is CCCCCC(NN)C1(C)CCCS1. The minimum absolute atomic E-state index is 0.391. The highest BCUT2D eigenvalue weighted by Crippen LogP contribution is 2.41. The summed E-state index contributed by atoms with van der Waals surface area (Å²) in [6, 6.07) is 0.501. The summed E-state index contributed by atoms with van der Waals surface area (Å²) in [4.78, 5) is 0. The van der Waals surface area contributed by atoms with Gasteiger partial charge in [0.15, 0.2) is 0 Å². The summed E-state index contributed by atoms with van der Waals surface area (Å²) in [7, 11) is 0. The van der Waals surface area contributed by atoms with E-state index < -0.39 is 0 Å². The molecular weight excluding hydrogens is 192 g/mol. The molecule has 0 spiro atoms. The molecule has 2 nitrogen and oxygen atoms in total. The van der Waals surface area contributed by atoms with E-state index in [1.54, 1.807) is 0 Å². The minimum Gasteiger partial charge on any atom is -0.271 e. The van der Waals surface area contributed by atoms with Gasteiger partial charge < -0.3 is 0 Å². The fourth-order valence-corrected chi connectivity index (χ4v) is 3.67. The molecule has 0 aromatic heterocycles. The van der Waals surface area contributed by atoms with Gasteiger partial charge in [-0.1, -0.05) is 26.2 Å². The third kappa shape index (κ3) is 3.14. The molecule has 1 rings (SSSR count). The van der Waals surface area contributed by atoms with Gasteiger partial charge >= 0.3 is 0 Å². The molecule has 0 saturated carbocycles. The number of rotatable bonds is 6. The van der Waals surface area contributed by atoms with Gasteiger partial charge in [-0.05, 0) is 31.9 Å². The van der Waals surface area contributed by atoms with E-state index in [1.165, 1.54) is 44.3 Å². The Kier molecular flexibility index (Phi) is 5.28. The second kappa shape index (κ2) is 5.99. The lowest BCUT2D eigenvalue weighted by molar-refractivity contribution is 0.375. The zero-order valence-corrected chi connectivity index (χ0v) is 10.3. The Bertz CT molecular complexity index is 155. The fourth-order valence-electron chi connectivity index (χ4n) is 2.24. The second-order valence-corrected chi connectivity index (χ2v) is 6.11. The fraction of sp³-hybridized carbons (Fsp3) is 1.00. The molecule has 1 fully saturated rings. The Balaban J connectivity index is 2.35. The summed E-state index contributed by atoms with van der Waals surface area (Å²) >= 11 is 2.09. The van der Waals surface area contributed by atoms with Gasteiger partial charge in [0.05, 0.1) is 0 Å². The third-order valence-electron chi connectivity index (χ3n) is 3.28. The molecule has 1 aliphatic heterocycles. The predicted molar refractivity (Wildman–Crippen MR) is 65.4 cm³/mol. The molecule has 0 radical (unpaired) electrons. The zero-order chi connectivity index (χ0) is 10.4. The van der Waals surface area contributed by atoms with Crippen LogP contribution < -0.4 is 11.3 Å². The predicted octanol–water partition coefficient (Wildman–Crippen LogP) is 2.68. The maximum Gasteiger partial charge on any atom is 0.0354 e. The molecule has 0 aromatic rings. The highest BCUT2D eigenvalue weighted by molar-refractivity contribution is 8.00. The summed E-state index contributed by atoms with van der Waals surface area (Å²) in [5, 5.41) is 0. The van der Waals surface area contributed by atoms with E-state index in [1.807, 2.05) is 0 Å². The molecule has 3 N–H and O–H groups in total. The minimum atomic E-state index is 0.391. The van der Waals surface area contributed by atoms with Crippen molar-refractivity contribution in [2.45, 2.75) is 63.2 Å². The van der Waals surface area contributed by atoms with E-state index in [9.17, 15) is 0 Å². The van der Waals surface area contributed by atoms with Crippen molar-refractivity contribution in [3.63, 3.8) is 0 Å². The highest BCUT2D eigenvalue weighted by atomic mass is 32.2. The van der Waals surface area contributed by atoms with Crippen LogP contribution in [0, 0.1) is 0 Å². The first-order valence-electron chi connectivity index (χ1n) is 5.83.